The van der Waals surface area contributed by atoms with Gasteiger partial charge in [0.05, 0.1) is 4.92 Å². The molecule has 0 saturated heterocycles. The quantitative estimate of drug-likeness (QED) is 0.446. The SMILES string of the molecule is CCC1(CC)C(Br)CC1Oc1cc(C)ccc1[N+](=O)[O-]. The molecular weight excluding hydrogens is 322 g/mol. The van der Waals surface area contributed by atoms with Crippen molar-refractivity contribution in [1.29, 1.82) is 0 Å². The van der Waals surface area contributed by atoms with E-state index in [1.165, 1.54) is 6.07 Å². The van der Waals surface area contributed by atoms with E-state index < -0.39 is 0 Å². The Morgan fingerprint density at radius 3 is 2.60 bits per heavy atom. The molecule has 1 aromatic rings. The van der Waals surface area contributed by atoms with Gasteiger partial charge in [0, 0.05) is 16.3 Å². The summed E-state index contributed by atoms with van der Waals surface area (Å²) in [6, 6.07) is 5.02. The highest BCUT2D eigenvalue weighted by Crippen LogP contribution is 2.53. The summed E-state index contributed by atoms with van der Waals surface area (Å²) in [5.74, 6) is 0.394. The smallest absolute Gasteiger partial charge is 0.310 e. The Hall–Kier alpha value is -1.10. The van der Waals surface area contributed by atoms with E-state index in [1.807, 2.05) is 6.92 Å². The van der Waals surface area contributed by atoms with Crippen LogP contribution in [0.25, 0.3) is 0 Å². The maximum Gasteiger partial charge on any atom is 0.310 e. The highest BCUT2D eigenvalue weighted by Gasteiger charge is 2.53. The van der Waals surface area contributed by atoms with Crippen LogP contribution in [-0.2, 0) is 0 Å². The van der Waals surface area contributed by atoms with Crippen molar-refractivity contribution in [2.75, 3.05) is 0 Å². The Morgan fingerprint density at radius 1 is 1.45 bits per heavy atom. The zero-order chi connectivity index (χ0) is 14.9. The Kier molecular flexibility index (Phi) is 4.37. The first-order valence-electron chi connectivity index (χ1n) is 7.00. The van der Waals surface area contributed by atoms with Crippen molar-refractivity contribution < 1.29 is 9.66 Å². The van der Waals surface area contributed by atoms with Gasteiger partial charge in [-0.2, -0.15) is 0 Å². The molecule has 0 aromatic heterocycles. The van der Waals surface area contributed by atoms with Crippen LogP contribution in [-0.4, -0.2) is 15.9 Å². The number of hydrogen-bond acceptors (Lipinski definition) is 3. The number of nitro benzene ring substituents is 1. The monoisotopic (exact) mass is 341 g/mol. The molecule has 1 aliphatic rings. The van der Waals surface area contributed by atoms with Crippen LogP contribution in [0.1, 0.15) is 38.7 Å². The largest absolute Gasteiger partial charge is 0.483 e. The first kappa shape index (κ1) is 15.3. The Balaban J connectivity index is 2.27. The van der Waals surface area contributed by atoms with E-state index >= 15 is 0 Å². The molecule has 1 aromatic carbocycles. The molecule has 0 aliphatic heterocycles. The van der Waals surface area contributed by atoms with Gasteiger partial charge in [0.2, 0.25) is 0 Å². The molecule has 1 aliphatic carbocycles. The molecule has 0 N–H and O–H groups in total. The molecule has 0 bridgehead atoms. The normalized spacial score (nSPS) is 24.0. The summed E-state index contributed by atoms with van der Waals surface area (Å²) in [5.41, 5.74) is 1.10. The van der Waals surface area contributed by atoms with Gasteiger partial charge in [0.25, 0.3) is 0 Å². The van der Waals surface area contributed by atoms with Crippen molar-refractivity contribution in [3.05, 3.63) is 33.9 Å². The van der Waals surface area contributed by atoms with Crippen LogP contribution < -0.4 is 4.74 Å². The predicted molar refractivity (Wildman–Crippen MR) is 82.6 cm³/mol. The van der Waals surface area contributed by atoms with Gasteiger partial charge < -0.3 is 4.74 Å². The van der Waals surface area contributed by atoms with Crippen molar-refractivity contribution >= 4 is 21.6 Å². The molecule has 1 fully saturated rings. The highest BCUT2D eigenvalue weighted by atomic mass is 79.9. The summed E-state index contributed by atoms with van der Waals surface area (Å²) in [5, 5.41) is 11.1. The van der Waals surface area contributed by atoms with E-state index in [1.54, 1.807) is 12.1 Å². The van der Waals surface area contributed by atoms with Gasteiger partial charge in [-0.1, -0.05) is 35.8 Å². The van der Waals surface area contributed by atoms with Crippen LogP contribution in [0.2, 0.25) is 0 Å². The first-order valence-corrected chi connectivity index (χ1v) is 7.92. The zero-order valence-electron chi connectivity index (χ0n) is 12.1. The lowest BCUT2D eigenvalue weighted by Gasteiger charge is -2.52. The summed E-state index contributed by atoms with van der Waals surface area (Å²) in [6.45, 7) is 6.22. The number of ether oxygens (including phenoxy) is 1. The van der Waals surface area contributed by atoms with Gasteiger partial charge >= 0.3 is 5.69 Å². The standard InChI is InChI=1S/C15H20BrNO3/c1-4-15(5-2)13(16)9-14(15)20-12-8-10(3)6-7-11(12)17(18)19/h6-8,13-14H,4-5,9H2,1-3H3. The lowest BCUT2D eigenvalue weighted by atomic mass is 9.62. The Morgan fingerprint density at radius 2 is 2.10 bits per heavy atom. The fraction of sp³-hybridized carbons (Fsp3) is 0.600. The van der Waals surface area contributed by atoms with E-state index in [2.05, 4.69) is 29.8 Å². The van der Waals surface area contributed by atoms with Crippen molar-refractivity contribution in [3.8, 4) is 5.75 Å². The maximum absolute atomic E-state index is 11.1. The van der Waals surface area contributed by atoms with Crippen LogP contribution >= 0.6 is 15.9 Å². The molecular formula is C15H20BrNO3. The topological polar surface area (TPSA) is 52.4 Å². The zero-order valence-corrected chi connectivity index (χ0v) is 13.6. The molecule has 0 radical (unpaired) electrons. The van der Waals surface area contributed by atoms with Gasteiger partial charge in [0.15, 0.2) is 5.75 Å². The van der Waals surface area contributed by atoms with Crippen molar-refractivity contribution in [1.82, 2.24) is 0 Å². The van der Waals surface area contributed by atoms with Gasteiger partial charge in [-0.05, 0) is 37.8 Å². The summed E-state index contributed by atoms with van der Waals surface area (Å²) in [4.78, 5) is 11.2. The van der Waals surface area contributed by atoms with Gasteiger partial charge in [-0.25, -0.2) is 0 Å². The van der Waals surface area contributed by atoms with Gasteiger partial charge in [-0.3, -0.25) is 10.1 Å². The second-order valence-corrected chi connectivity index (χ2v) is 6.58. The number of aryl methyl sites for hydroxylation is 1. The molecule has 1 saturated carbocycles. The Labute approximate surface area is 127 Å². The minimum absolute atomic E-state index is 0.0439. The molecule has 0 amide bonds. The third-order valence-electron chi connectivity index (χ3n) is 4.58. The van der Waals surface area contributed by atoms with Crippen molar-refractivity contribution in [2.45, 2.75) is 51.0 Å². The third-order valence-corrected chi connectivity index (χ3v) is 5.87. The third kappa shape index (κ3) is 2.43. The molecule has 2 rings (SSSR count). The second-order valence-electron chi connectivity index (χ2n) is 5.48. The van der Waals surface area contributed by atoms with Crippen LogP contribution in [0, 0.1) is 22.5 Å². The van der Waals surface area contributed by atoms with E-state index in [0.717, 1.165) is 24.8 Å². The lowest BCUT2D eigenvalue weighted by molar-refractivity contribution is -0.386. The minimum Gasteiger partial charge on any atom is -0.483 e. The number of rotatable bonds is 5. The van der Waals surface area contributed by atoms with Gasteiger partial charge in [-0.15, -0.1) is 0 Å². The average molecular weight is 342 g/mol. The number of benzene rings is 1. The summed E-state index contributed by atoms with van der Waals surface area (Å²) < 4.78 is 6.02. The molecule has 4 nitrogen and oxygen atoms in total. The fourth-order valence-electron chi connectivity index (χ4n) is 3.03. The minimum atomic E-state index is -0.376. The van der Waals surface area contributed by atoms with E-state index in [9.17, 15) is 10.1 Å². The number of nitro groups is 1. The van der Waals surface area contributed by atoms with Crippen LogP contribution in [0.4, 0.5) is 5.69 Å². The van der Waals surface area contributed by atoms with Gasteiger partial charge in [0.1, 0.15) is 6.10 Å². The highest BCUT2D eigenvalue weighted by molar-refractivity contribution is 9.09. The molecule has 5 heteroatoms. The molecule has 0 heterocycles. The molecule has 110 valence electrons. The average Bonchev–Trinajstić information content (AvgIpc) is 2.39. The molecule has 2 atom stereocenters. The van der Waals surface area contributed by atoms with E-state index in [-0.39, 0.29) is 22.1 Å². The lowest BCUT2D eigenvalue weighted by Crippen LogP contribution is -2.56. The van der Waals surface area contributed by atoms with Crippen LogP contribution in [0.5, 0.6) is 5.75 Å². The summed E-state index contributed by atoms with van der Waals surface area (Å²) >= 11 is 3.71. The summed E-state index contributed by atoms with van der Waals surface area (Å²) in [6.07, 6.45) is 2.95. The van der Waals surface area contributed by atoms with E-state index in [0.29, 0.717) is 10.6 Å². The molecule has 2 unspecified atom stereocenters. The number of halogens is 1. The summed E-state index contributed by atoms with van der Waals surface area (Å²) in [7, 11) is 0. The number of nitrogens with zero attached hydrogens (tertiary/aromatic N) is 1. The molecule has 0 spiro atoms. The first-order chi connectivity index (χ1) is 9.44. The maximum atomic E-state index is 11.1. The van der Waals surface area contributed by atoms with E-state index in [4.69, 9.17) is 4.74 Å². The Bertz CT molecular complexity index is 514. The number of hydrogen-bond donors (Lipinski definition) is 0. The van der Waals surface area contributed by atoms with Crippen molar-refractivity contribution in [2.24, 2.45) is 5.41 Å². The molecule has 20 heavy (non-hydrogen) atoms. The second kappa shape index (κ2) is 5.72. The number of alkyl halides is 1. The van der Waals surface area contributed by atoms with Crippen molar-refractivity contribution in [3.63, 3.8) is 0 Å². The van der Waals surface area contributed by atoms with Crippen LogP contribution in [0.15, 0.2) is 18.2 Å². The van der Waals surface area contributed by atoms with Crippen LogP contribution in [0.3, 0.4) is 0 Å². The fourth-order valence-corrected chi connectivity index (χ4v) is 4.31. The predicted octanol–water partition coefficient (Wildman–Crippen LogP) is 4.62.